The summed E-state index contributed by atoms with van der Waals surface area (Å²) in [5, 5.41) is -0.00657. The zero-order valence-corrected chi connectivity index (χ0v) is 7.57. The van der Waals surface area contributed by atoms with Crippen LogP contribution in [0.3, 0.4) is 0 Å². The molecule has 0 aliphatic rings. The fourth-order valence-corrected chi connectivity index (χ4v) is 1.09. The van der Waals surface area contributed by atoms with Crippen LogP contribution in [0.5, 0.6) is 0 Å². The van der Waals surface area contributed by atoms with E-state index in [1.165, 1.54) is 12.1 Å². The summed E-state index contributed by atoms with van der Waals surface area (Å²) in [7, 11) is 0. The zero-order valence-electron chi connectivity index (χ0n) is 5.98. The van der Waals surface area contributed by atoms with Gasteiger partial charge in [0.2, 0.25) is 0 Å². The van der Waals surface area contributed by atoms with Crippen LogP contribution in [0.15, 0.2) is 18.2 Å². The quantitative estimate of drug-likeness (QED) is 0.568. The molecule has 1 aromatic rings. The van der Waals surface area contributed by atoms with Crippen molar-refractivity contribution < 1.29 is 13.6 Å². The number of hydrogen-bond donors (Lipinski definition) is 0. The molecule has 0 saturated heterocycles. The summed E-state index contributed by atoms with van der Waals surface area (Å²) < 4.78 is 25.4. The van der Waals surface area contributed by atoms with Gasteiger partial charge in [-0.15, -0.1) is 0 Å². The van der Waals surface area contributed by atoms with E-state index >= 15 is 0 Å². The third kappa shape index (κ3) is 1.69. The molecule has 0 aliphatic heterocycles. The molecule has 0 aliphatic carbocycles. The van der Waals surface area contributed by atoms with Crippen molar-refractivity contribution in [3.63, 3.8) is 0 Å². The highest BCUT2D eigenvalue weighted by Gasteiger charge is 2.12. The summed E-state index contributed by atoms with van der Waals surface area (Å²) in [6.07, 6.45) is 0. The molecular formula is C8H5BrF2O. The van der Waals surface area contributed by atoms with Gasteiger partial charge in [0.05, 0.1) is 10.9 Å². The molecule has 0 unspecified atom stereocenters. The third-order valence-corrected chi connectivity index (χ3v) is 1.88. The van der Waals surface area contributed by atoms with Gasteiger partial charge in [-0.3, -0.25) is 4.79 Å². The molecule has 0 bridgehead atoms. The van der Waals surface area contributed by atoms with E-state index in [-0.39, 0.29) is 10.9 Å². The van der Waals surface area contributed by atoms with Crippen LogP contribution in [0.25, 0.3) is 0 Å². The van der Waals surface area contributed by atoms with Crippen LogP contribution in [-0.2, 0) is 0 Å². The Balaban J connectivity index is 3.16. The Morgan fingerprint density at radius 1 is 1.42 bits per heavy atom. The Morgan fingerprint density at radius 3 is 2.67 bits per heavy atom. The van der Waals surface area contributed by atoms with E-state index in [0.717, 1.165) is 6.07 Å². The normalized spacial score (nSPS) is 9.92. The summed E-state index contributed by atoms with van der Waals surface area (Å²) >= 11 is 2.87. The summed E-state index contributed by atoms with van der Waals surface area (Å²) in [6.45, 7) is 0. The van der Waals surface area contributed by atoms with E-state index in [0.29, 0.717) is 0 Å². The minimum absolute atomic E-state index is 0.00657. The lowest BCUT2D eigenvalue weighted by Gasteiger charge is -1.98. The Morgan fingerprint density at radius 2 is 2.08 bits per heavy atom. The van der Waals surface area contributed by atoms with Crippen molar-refractivity contribution in [2.45, 2.75) is 0 Å². The summed E-state index contributed by atoms with van der Waals surface area (Å²) in [5.74, 6) is -2.55. The van der Waals surface area contributed by atoms with Crippen LogP contribution < -0.4 is 0 Å². The van der Waals surface area contributed by atoms with E-state index in [1.807, 2.05) is 0 Å². The third-order valence-electron chi connectivity index (χ3n) is 1.37. The number of halogens is 3. The SMILES string of the molecule is O=C(CBr)c1cccc(F)c1F. The first-order valence-electron chi connectivity index (χ1n) is 3.20. The second-order valence-electron chi connectivity index (χ2n) is 2.16. The Labute approximate surface area is 76.5 Å². The monoisotopic (exact) mass is 234 g/mol. The summed E-state index contributed by atoms with van der Waals surface area (Å²) in [6, 6.07) is 3.52. The average Bonchev–Trinajstić information content (AvgIpc) is 2.08. The number of Topliss-reactive ketones (excluding diaryl/α,β-unsaturated/α-hetero) is 1. The molecule has 1 aromatic carbocycles. The minimum Gasteiger partial charge on any atom is -0.293 e. The Kier molecular flexibility index (Phi) is 2.92. The molecular weight excluding hydrogens is 230 g/mol. The van der Waals surface area contributed by atoms with E-state index in [9.17, 15) is 13.6 Å². The smallest absolute Gasteiger partial charge is 0.176 e. The standard InChI is InChI=1S/C8H5BrF2O/c9-4-7(12)5-2-1-3-6(10)8(5)11/h1-3H,4H2. The lowest BCUT2D eigenvalue weighted by molar-refractivity contribution is 0.101. The van der Waals surface area contributed by atoms with Gasteiger partial charge >= 0.3 is 0 Å². The van der Waals surface area contributed by atoms with Gasteiger partial charge in [-0.25, -0.2) is 8.78 Å². The lowest BCUT2D eigenvalue weighted by atomic mass is 10.1. The van der Waals surface area contributed by atoms with Crippen LogP contribution >= 0.6 is 15.9 Å². The number of rotatable bonds is 2. The number of hydrogen-bond acceptors (Lipinski definition) is 1. The molecule has 0 heterocycles. The molecule has 0 amide bonds. The molecule has 64 valence electrons. The summed E-state index contributed by atoms with van der Waals surface area (Å²) in [5.41, 5.74) is -0.216. The number of carbonyl (C=O) groups excluding carboxylic acids is 1. The maximum absolute atomic E-state index is 12.8. The average molecular weight is 235 g/mol. The summed E-state index contributed by atoms with van der Waals surface area (Å²) in [4.78, 5) is 10.9. The lowest BCUT2D eigenvalue weighted by Crippen LogP contribution is -2.04. The van der Waals surface area contributed by atoms with E-state index in [1.54, 1.807) is 0 Å². The predicted octanol–water partition coefficient (Wildman–Crippen LogP) is 2.54. The highest BCUT2D eigenvalue weighted by atomic mass is 79.9. The van der Waals surface area contributed by atoms with Gasteiger partial charge in [0.25, 0.3) is 0 Å². The van der Waals surface area contributed by atoms with Crippen LogP contribution in [0.4, 0.5) is 8.78 Å². The largest absolute Gasteiger partial charge is 0.293 e. The molecule has 4 heteroatoms. The fourth-order valence-electron chi connectivity index (χ4n) is 0.791. The van der Waals surface area contributed by atoms with Gasteiger partial charge in [0.1, 0.15) is 0 Å². The van der Waals surface area contributed by atoms with Crippen molar-refractivity contribution in [2.75, 3.05) is 5.33 Å². The first-order chi connectivity index (χ1) is 5.66. The molecule has 0 aromatic heterocycles. The highest BCUT2D eigenvalue weighted by Crippen LogP contribution is 2.12. The molecule has 0 atom stereocenters. The molecule has 0 radical (unpaired) electrons. The van der Waals surface area contributed by atoms with Crippen LogP contribution in [-0.4, -0.2) is 11.1 Å². The molecule has 0 spiro atoms. The highest BCUT2D eigenvalue weighted by molar-refractivity contribution is 9.09. The second-order valence-corrected chi connectivity index (χ2v) is 2.72. The first-order valence-corrected chi connectivity index (χ1v) is 4.32. The van der Waals surface area contributed by atoms with Gasteiger partial charge in [-0.05, 0) is 12.1 Å². The van der Waals surface area contributed by atoms with Crippen molar-refractivity contribution in [1.82, 2.24) is 0 Å². The number of carbonyl (C=O) groups is 1. The maximum atomic E-state index is 12.8. The van der Waals surface area contributed by atoms with Crippen molar-refractivity contribution >= 4 is 21.7 Å². The van der Waals surface area contributed by atoms with Crippen molar-refractivity contribution in [3.8, 4) is 0 Å². The van der Waals surface area contributed by atoms with Crippen molar-refractivity contribution in [2.24, 2.45) is 0 Å². The predicted molar refractivity (Wildman–Crippen MR) is 44.5 cm³/mol. The second kappa shape index (κ2) is 3.76. The number of ketones is 1. The molecule has 0 fully saturated rings. The van der Waals surface area contributed by atoms with E-state index < -0.39 is 17.4 Å². The van der Waals surface area contributed by atoms with Gasteiger partial charge in [-0.2, -0.15) is 0 Å². The first kappa shape index (κ1) is 9.32. The van der Waals surface area contributed by atoms with Gasteiger partial charge in [0, 0.05) is 0 Å². The topological polar surface area (TPSA) is 17.1 Å². The fraction of sp³-hybridized carbons (Fsp3) is 0.125. The van der Waals surface area contributed by atoms with Gasteiger partial charge in [-0.1, -0.05) is 22.0 Å². The van der Waals surface area contributed by atoms with E-state index in [2.05, 4.69) is 15.9 Å². The zero-order chi connectivity index (χ0) is 9.14. The number of alkyl halides is 1. The van der Waals surface area contributed by atoms with E-state index in [4.69, 9.17) is 0 Å². The van der Waals surface area contributed by atoms with Crippen molar-refractivity contribution in [3.05, 3.63) is 35.4 Å². The molecule has 1 rings (SSSR count). The molecule has 0 N–H and O–H groups in total. The van der Waals surface area contributed by atoms with Gasteiger partial charge < -0.3 is 0 Å². The Bertz CT molecular complexity index is 312. The minimum atomic E-state index is -1.08. The van der Waals surface area contributed by atoms with Crippen LogP contribution in [0.2, 0.25) is 0 Å². The van der Waals surface area contributed by atoms with Crippen LogP contribution in [0, 0.1) is 11.6 Å². The molecule has 1 nitrogen and oxygen atoms in total. The maximum Gasteiger partial charge on any atom is 0.176 e. The molecule has 12 heavy (non-hydrogen) atoms. The molecule has 0 saturated carbocycles. The number of benzene rings is 1. The Hall–Kier alpha value is -0.770. The van der Waals surface area contributed by atoms with Gasteiger partial charge in [0.15, 0.2) is 17.4 Å². The van der Waals surface area contributed by atoms with Crippen LogP contribution in [0.1, 0.15) is 10.4 Å². The van der Waals surface area contributed by atoms with Crippen molar-refractivity contribution in [1.29, 1.82) is 0 Å².